The van der Waals surface area contributed by atoms with E-state index in [0.717, 1.165) is 5.56 Å². The zero-order valence-electron chi connectivity index (χ0n) is 14.6. The standard InChI is InChI=1S/C15H26N4O3S.HI/c1-5-22-14-13(7-6-9-17-14)11-18-15(16-3)19-12(2)8-10-23(4,20)21;/h6-7,9,12H,5,8,10-11H2,1-4H3,(H2,16,18,19);1H. The van der Waals surface area contributed by atoms with E-state index in [4.69, 9.17) is 4.74 Å². The average Bonchev–Trinajstić information content (AvgIpc) is 2.50. The van der Waals surface area contributed by atoms with Crippen molar-refractivity contribution in [1.82, 2.24) is 15.6 Å². The van der Waals surface area contributed by atoms with Gasteiger partial charge in [0.05, 0.1) is 12.4 Å². The van der Waals surface area contributed by atoms with Crippen molar-refractivity contribution >= 4 is 39.8 Å². The summed E-state index contributed by atoms with van der Waals surface area (Å²) in [5, 5.41) is 6.36. The maximum absolute atomic E-state index is 11.2. The predicted molar refractivity (Wildman–Crippen MR) is 108 cm³/mol. The molecular formula is C15H27IN4O3S. The zero-order valence-corrected chi connectivity index (χ0v) is 17.7. The number of aromatic nitrogens is 1. The first-order valence-corrected chi connectivity index (χ1v) is 9.63. The third-order valence-corrected chi connectivity index (χ3v) is 4.08. The van der Waals surface area contributed by atoms with E-state index >= 15 is 0 Å². The van der Waals surface area contributed by atoms with Gasteiger partial charge in [0.25, 0.3) is 0 Å². The number of sulfone groups is 1. The van der Waals surface area contributed by atoms with Gasteiger partial charge in [-0.2, -0.15) is 0 Å². The van der Waals surface area contributed by atoms with Crippen LogP contribution in [0.25, 0.3) is 0 Å². The van der Waals surface area contributed by atoms with Gasteiger partial charge in [-0.3, -0.25) is 4.99 Å². The first-order valence-electron chi connectivity index (χ1n) is 7.57. The molecule has 0 bridgehead atoms. The van der Waals surface area contributed by atoms with Crippen LogP contribution >= 0.6 is 24.0 Å². The van der Waals surface area contributed by atoms with Gasteiger partial charge in [-0.05, 0) is 26.3 Å². The molecule has 9 heteroatoms. The summed E-state index contributed by atoms with van der Waals surface area (Å²) in [4.78, 5) is 8.35. The molecule has 0 radical (unpaired) electrons. The minimum Gasteiger partial charge on any atom is -0.478 e. The van der Waals surface area contributed by atoms with Gasteiger partial charge in [-0.15, -0.1) is 24.0 Å². The van der Waals surface area contributed by atoms with E-state index in [0.29, 0.717) is 31.4 Å². The highest BCUT2D eigenvalue weighted by Gasteiger charge is 2.10. The Morgan fingerprint density at radius 1 is 1.46 bits per heavy atom. The van der Waals surface area contributed by atoms with Gasteiger partial charge >= 0.3 is 0 Å². The van der Waals surface area contributed by atoms with Crippen LogP contribution in [0.3, 0.4) is 0 Å². The van der Waals surface area contributed by atoms with Crippen molar-refractivity contribution < 1.29 is 13.2 Å². The summed E-state index contributed by atoms with van der Waals surface area (Å²) in [6.07, 6.45) is 3.45. The molecule has 1 aromatic heterocycles. The number of hydrogen-bond acceptors (Lipinski definition) is 5. The lowest BCUT2D eigenvalue weighted by atomic mass is 10.2. The molecule has 0 spiro atoms. The lowest BCUT2D eigenvalue weighted by molar-refractivity contribution is 0.322. The number of rotatable bonds is 8. The van der Waals surface area contributed by atoms with Gasteiger partial charge in [-0.25, -0.2) is 13.4 Å². The van der Waals surface area contributed by atoms with Crippen LogP contribution in [-0.4, -0.2) is 51.1 Å². The second kappa shape index (κ2) is 11.5. The van der Waals surface area contributed by atoms with E-state index < -0.39 is 9.84 Å². The van der Waals surface area contributed by atoms with Crippen molar-refractivity contribution in [1.29, 1.82) is 0 Å². The van der Waals surface area contributed by atoms with E-state index in [1.165, 1.54) is 6.26 Å². The molecule has 0 saturated heterocycles. The Hall–Kier alpha value is -1.10. The van der Waals surface area contributed by atoms with Crippen molar-refractivity contribution in [3.8, 4) is 5.88 Å². The van der Waals surface area contributed by atoms with Crippen LogP contribution in [-0.2, 0) is 16.4 Å². The van der Waals surface area contributed by atoms with E-state index in [2.05, 4.69) is 20.6 Å². The van der Waals surface area contributed by atoms with Gasteiger partial charge in [0.15, 0.2) is 5.96 Å². The molecule has 1 heterocycles. The van der Waals surface area contributed by atoms with Crippen LogP contribution in [0.4, 0.5) is 0 Å². The highest BCUT2D eigenvalue weighted by molar-refractivity contribution is 14.0. The average molecular weight is 470 g/mol. The smallest absolute Gasteiger partial charge is 0.218 e. The Bertz CT molecular complexity index is 623. The van der Waals surface area contributed by atoms with E-state index in [-0.39, 0.29) is 35.8 Å². The molecule has 138 valence electrons. The summed E-state index contributed by atoms with van der Waals surface area (Å²) in [6, 6.07) is 3.78. The number of ether oxygens (including phenoxy) is 1. The van der Waals surface area contributed by atoms with Crippen LogP contribution in [0.15, 0.2) is 23.3 Å². The molecule has 0 amide bonds. The Morgan fingerprint density at radius 3 is 2.75 bits per heavy atom. The number of hydrogen-bond donors (Lipinski definition) is 2. The number of nitrogens with one attached hydrogen (secondary N) is 2. The number of guanidine groups is 1. The Kier molecular flexibility index (Phi) is 10.9. The highest BCUT2D eigenvalue weighted by atomic mass is 127. The summed E-state index contributed by atoms with van der Waals surface area (Å²) in [7, 11) is -1.28. The Labute approximate surface area is 161 Å². The van der Waals surface area contributed by atoms with Crippen molar-refractivity contribution in [2.45, 2.75) is 32.9 Å². The molecule has 1 atom stereocenters. The number of pyridine rings is 1. The molecule has 1 rings (SSSR count). The minimum absolute atomic E-state index is 0. The van der Waals surface area contributed by atoms with Gasteiger partial charge in [0.1, 0.15) is 9.84 Å². The summed E-state index contributed by atoms with van der Waals surface area (Å²) >= 11 is 0. The molecule has 1 aromatic rings. The van der Waals surface area contributed by atoms with Gasteiger partial charge < -0.3 is 15.4 Å². The second-order valence-electron chi connectivity index (χ2n) is 5.29. The molecule has 0 aromatic carbocycles. The number of halogens is 1. The van der Waals surface area contributed by atoms with Crippen LogP contribution in [0.5, 0.6) is 5.88 Å². The van der Waals surface area contributed by atoms with Gasteiger partial charge in [0.2, 0.25) is 5.88 Å². The van der Waals surface area contributed by atoms with Gasteiger partial charge in [-0.1, -0.05) is 6.07 Å². The summed E-state index contributed by atoms with van der Waals surface area (Å²) in [5.41, 5.74) is 0.932. The SMILES string of the molecule is CCOc1ncccc1CNC(=NC)NC(C)CCS(C)(=O)=O.I. The Balaban J connectivity index is 0.00000529. The lowest BCUT2D eigenvalue weighted by Gasteiger charge is -2.18. The third kappa shape index (κ3) is 9.26. The first-order chi connectivity index (χ1) is 10.9. The topological polar surface area (TPSA) is 92.7 Å². The summed E-state index contributed by atoms with van der Waals surface area (Å²) in [6.45, 7) is 4.91. The molecule has 0 fully saturated rings. The van der Waals surface area contributed by atoms with E-state index in [9.17, 15) is 8.42 Å². The van der Waals surface area contributed by atoms with Crippen molar-refractivity contribution in [3.05, 3.63) is 23.9 Å². The van der Waals surface area contributed by atoms with E-state index in [1.54, 1.807) is 13.2 Å². The highest BCUT2D eigenvalue weighted by Crippen LogP contribution is 2.13. The van der Waals surface area contributed by atoms with Crippen molar-refractivity contribution in [2.75, 3.05) is 25.7 Å². The molecule has 0 aliphatic carbocycles. The third-order valence-electron chi connectivity index (χ3n) is 3.11. The second-order valence-corrected chi connectivity index (χ2v) is 7.55. The Morgan fingerprint density at radius 2 is 2.17 bits per heavy atom. The van der Waals surface area contributed by atoms with E-state index in [1.807, 2.05) is 26.0 Å². The fourth-order valence-electron chi connectivity index (χ4n) is 1.90. The molecule has 0 aliphatic heterocycles. The number of nitrogens with zero attached hydrogens (tertiary/aromatic N) is 2. The fraction of sp³-hybridized carbons (Fsp3) is 0.600. The van der Waals surface area contributed by atoms with Gasteiger partial charge in [0, 0.05) is 37.7 Å². The van der Waals surface area contributed by atoms with Crippen LogP contribution < -0.4 is 15.4 Å². The number of aliphatic imine (C=N–C) groups is 1. The summed E-state index contributed by atoms with van der Waals surface area (Å²) < 4.78 is 27.9. The largest absolute Gasteiger partial charge is 0.478 e. The maximum atomic E-state index is 11.2. The molecule has 0 saturated carbocycles. The molecule has 1 unspecified atom stereocenters. The molecule has 0 aliphatic rings. The lowest BCUT2D eigenvalue weighted by Crippen LogP contribution is -2.42. The normalized spacial score (nSPS) is 12.9. The molecule has 2 N–H and O–H groups in total. The predicted octanol–water partition coefficient (Wildman–Crippen LogP) is 1.59. The molecule has 7 nitrogen and oxygen atoms in total. The fourth-order valence-corrected chi connectivity index (χ4v) is 2.68. The molecular weight excluding hydrogens is 443 g/mol. The van der Waals surface area contributed by atoms with Crippen molar-refractivity contribution in [3.63, 3.8) is 0 Å². The zero-order chi connectivity index (χ0) is 17.3. The minimum atomic E-state index is -2.95. The van der Waals surface area contributed by atoms with Crippen LogP contribution in [0, 0.1) is 0 Å². The van der Waals surface area contributed by atoms with Crippen LogP contribution in [0.1, 0.15) is 25.8 Å². The monoisotopic (exact) mass is 470 g/mol. The first kappa shape index (κ1) is 22.9. The molecule has 24 heavy (non-hydrogen) atoms. The quantitative estimate of drug-likeness (QED) is 0.341. The summed E-state index contributed by atoms with van der Waals surface area (Å²) in [5.74, 6) is 1.36. The maximum Gasteiger partial charge on any atom is 0.218 e. The van der Waals surface area contributed by atoms with Crippen LogP contribution in [0.2, 0.25) is 0 Å². The van der Waals surface area contributed by atoms with Crippen molar-refractivity contribution in [2.24, 2.45) is 4.99 Å².